The lowest BCUT2D eigenvalue weighted by Crippen LogP contribution is -2.49. The van der Waals surface area contributed by atoms with Gasteiger partial charge in [0.2, 0.25) is 0 Å². The highest BCUT2D eigenvalue weighted by Gasteiger charge is 2.40. The van der Waals surface area contributed by atoms with Crippen LogP contribution in [-0.2, 0) is 0 Å². The van der Waals surface area contributed by atoms with E-state index in [0.29, 0.717) is 5.41 Å². The highest BCUT2D eigenvalue weighted by molar-refractivity contribution is 4.95. The Morgan fingerprint density at radius 1 is 1.06 bits per heavy atom. The van der Waals surface area contributed by atoms with Crippen LogP contribution in [-0.4, -0.2) is 37.6 Å². The van der Waals surface area contributed by atoms with Crippen molar-refractivity contribution in [3.8, 4) is 0 Å². The molecule has 104 valence electrons. The van der Waals surface area contributed by atoms with Gasteiger partial charge in [0, 0.05) is 19.1 Å². The summed E-state index contributed by atoms with van der Waals surface area (Å²) < 4.78 is 0. The summed E-state index contributed by atoms with van der Waals surface area (Å²) in [6.45, 7) is 4.00. The monoisotopic (exact) mass is 250 g/mol. The van der Waals surface area contributed by atoms with Crippen LogP contribution in [0.3, 0.4) is 0 Å². The summed E-state index contributed by atoms with van der Waals surface area (Å²) in [6.07, 6.45) is 13.3. The number of hydrogen-bond donors (Lipinski definition) is 1. The third-order valence-corrected chi connectivity index (χ3v) is 5.86. The third kappa shape index (κ3) is 2.46. The third-order valence-electron chi connectivity index (χ3n) is 5.86. The van der Waals surface area contributed by atoms with E-state index in [1.165, 1.54) is 77.4 Å². The first-order chi connectivity index (χ1) is 8.83. The van der Waals surface area contributed by atoms with Crippen LogP contribution in [0.25, 0.3) is 0 Å². The van der Waals surface area contributed by atoms with Crippen molar-refractivity contribution in [3.05, 3.63) is 0 Å². The molecule has 0 aromatic rings. The van der Waals surface area contributed by atoms with E-state index in [1.807, 2.05) is 0 Å². The maximum atomic E-state index is 3.47. The standard InChI is InChI=1S/C16H30N2/c1-17-12-16(9-2-3-10-16)13-18-11-5-7-14-6-4-8-15(14)18/h14-15,17H,2-13H2,1H3. The van der Waals surface area contributed by atoms with Crippen LogP contribution < -0.4 is 5.32 Å². The van der Waals surface area contributed by atoms with Crippen LogP contribution >= 0.6 is 0 Å². The second-order valence-electron chi connectivity index (χ2n) is 7.11. The van der Waals surface area contributed by atoms with Gasteiger partial charge >= 0.3 is 0 Å². The van der Waals surface area contributed by atoms with E-state index in [9.17, 15) is 0 Å². The normalized spacial score (nSPS) is 35.8. The van der Waals surface area contributed by atoms with Crippen LogP contribution in [0.1, 0.15) is 57.8 Å². The molecule has 1 saturated heterocycles. The van der Waals surface area contributed by atoms with Gasteiger partial charge in [0.15, 0.2) is 0 Å². The number of piperidine rings is 1. The molecule has 0 spiro atoms. The first kappa shape index (κ1) is 12.9. The van der Waals surface area contributed by atoms with Crippen LogP contribution in [0.2, 0.25) is 0 Å². The molecular formula is C16H30N2. The van der Waals surface area contributed by atoms with Crippen molar-refractivity contribution in [3.63, 3.8) is 0 Å². The maximum absolute atomic E-state index is 3.47. The second-order valence-corrected chi connectivity index (χ2v) is 7.11. The molecule has 3 aliphatic rings. The second kappa shape index (κ2) is 5.50. The van der Waals surface area contributed by atoms with Crippen molar-refractivity contribution in [1.29, 1.82) is 0 Å². The molecule has 2 aliphatic carbocycles. The molecule has 3 rings (SSSR count). The van der Waals surface area contributed by atoms with Gasteiger partial charge in [-0.1, -0.05) is 19.3 Å². The lowest BCUT2D eigenvalue weighted by atomic mass is 9.83. The lowest BCUT2D eigenvalue weighted by molar-refractivity contribution is 0.0606. The molecule has 3 fully saturated rings. The van der Waals surface area contributed by atoms with E-state index in [0.717, 1.165) is 12.0 Å². The van der Waals surface area contributed by atoms with Crippen LogP contribution in [0.4, 0.5) is 0 Å². The first-order valence-electron chi connectivity index (χ1n) is 8.22. The number of nitrogens with zero attached hydrogens (tertiary/aromatic N) is 1. The Hall–Kier alpha value is -0.0800. The summed E-state index contributed by atoms with van der Waals surface area (Å²) in [5.74, 6) is 1.05. The minimum atomic E-state index is 0.610. The van der Waals surface area contributed by atoms with Gasteiger partial charge in [-0.05, 0) is 63.5 Å². The quantitative estimate of drug-likeness (QED) is 0.825. The van der Waals surface area contributed by atoms with Gasteiger partial charge in [-0.3, -0.25) is 4.90 Å². The number of nitrogens with one attached hydrogen (secondary N) is 1. The molecule has 1 aliphatic heterocycles. The van der Waals surface area contributed by atoms with Gasteiger partial charge in [-0.15, -0.1) is 0 Å². The fourth-order valence-electron chi connectivity index (χ4n) is 5.08. The Kier molecular flexibility index (Phi) is 3.95. The molecule has 0 aromatic carbocycles. The summed E-state index contributed by atoms with van der Waals surface area (Å²) in [6, 6.07) is 0.952. The van der Waals surface area contributed by atoms with E-state index in [-0.39, 0.29) is 0 Å². The van der Waals surface area contributed by atoms with Crippen LogP contribution in [0.15, 0.2) is 0 Å². The molecule has 0 aromatic heterocycles. The van der Waals surface area contributed by atoms with Gasteiger partial charge in [0.25, 0.3) is 0 Å². The van der Waals surface area contributed by atoms with E-state index < -0.39 is 0 Å². The lowest BCUT2D eigenvalue weighted by Gasteiger charge is -2.43. The van der Waals surface area contributed by atoms with Crippen LogP contribution in [0.5, 0.6) is 0 Å². The van der Waals surface area contributed by atoms with Gasteiger partial charge in [-0.25, -0.2) is 0 Å². The van der Waals surface area contributed by atoms with Crippen molar-refractivity contribution in [2.45, 2.75) is 63.8 Å². The van der Waals surface area contributed by atoms with E-state index in [2.05, 4.69) is 17.3 Å². The summed E-state index contributed by atoms with van der Waals surface area (Å²) in [5, 5.41) is 3.47. The van der Waals surface area contributed by atoms with Gasteiger partial charge in [-0.2, -0.15) is 0 Å². The Bertz CT molecular complexity index is 270. The molecule has 2 saturated carbocycles. The Morgan fingerprint density at radius 3 is 2.61 bits per heavy atom. The van der Waals surface area contributed by atoms with Crippen molar-refractivity contribution in [1.82, 2.24) is 10.2 Å². The largest absolute Gasteiger partial charge is 0.319 e. The van der Waals surface area contributed by atoms with E-state index >= 15 is 0 Å². The zero-order chi connectivity index (χ0) is 12.4. The minimum Gasteiger partial charge on any atom is -0.319 e. The van der Waals surface area contributed by atoms with Crippen molar-refractivity contribution >= 4 is 0 Å². The first-order valence-corrected chi connectivity index (χ1v) is 8.22. The predicted molar refractivity (Wildman–Crippen MR) is 76.8 cm³/mol. The fourth-order valence-corrected chi connectivity index (χ4v) is 5.08. The van der Waals surface area contributed by atoms with Crippen molar-refractivity contribution < 1.29 is 0 Å². The predicted octanol–water partition coefficient (Wildman–Crippen LogP) is 3.03. The number of likely N-dealkylation sites (tertiary alicyclic amines) is 1. The average molecular weight is 250 g/mol. The molecule has 18 heavy (non-hydrogen) atoms. The average Bonchev–Trinajstić information content (AvgIpc) is 2.99. The molecule has 1 N–H and O–H groups in total. The van der Waals surface area contributed by atoms with Crippen LogP contribution in [0, 0.1) is 11.3 Å². The number of rotatable bonds is 4. The highest BCUT2D eigenvalue weighted by Crippen LogP contribution is 2.42. The molecule has 2 unspecified atom stereocenters. The Labute approximate surface area is 113 Å². The molecule has 1 heterocycles. The minimum absolute atomic E-state index is 0.610. The SMILES string of the molecule is CNCC1(CN2CCCC3CCCC32)CCCC1. The van der Waals surface area contributed by atoms with Gasteiger partial charge < -0.3 is 5.32 Å². The molecule has 2 nitrogen and oxygen atoms in total. The summed E-state index contributed by atoms with van der Waals surface area (Å²) >= 11 is 0. The highest BCUT2D eigenvalue weighted by atomic mass is 15.2. The maximum Gasteiger partial charge on any atom is 0.0124 e. The Morgan fingerprint density at radius 2 is 1.83 bits per heavy atom. The zero-order valence-corrected chi connectivity index (χ0v) is 12.1. The van der Waals surface area contributed by atoms with Gasteiger partial charge in [0.05, 0.1) is 0 Å². The Balaban J connectivity index is 1.66. The van der Waals surface area contributed by atoms with Gasteiger partial charge in [0.1, 0.15) is 0 Å². The summed E-state index contributed by atoms with van der Waals surface area (Å²) in [5.41, 5.74) is 0.610. The number of fused-ring (bicyclic) bond motifs is 1. The number of hydrogen-bond acceptors (Lipinski definition) is 2. The van der Waals surface area contributed by atoms with Crippen molar-refractivity contribution in [2.75, 3.05) is 26.7 Å². The topological polar surface area (TPSA) is 15.3 Å². The van der Waals surface area contributed by atoms with E-state index in [4.69, 9.17) is 0 Å². The summed E-state index contributed by atoms with van der Waals surface area (Å²) in [7, 11) is 2.13. The molecule has 2 atom stereocenters. The smallest absolute Gasteiger partial charge is 0.0124 e. The molecule has 2 heteroatoms. The molecule has 0 radical (unpaired) electrons. The van der Waals surface area contributed by atoms with E-state index in [1.54, 1.807) is 0 Å². The molecule has 0 bridgehead atoms. The molecular weight excluding hydrogens is 220 g/mol. The summed E-state index contributed by atoms with van der Waals surface area (Å²) in [4.78, 5) is 2.89. The zero-order valence-electron chi connectivity index (χ0n) is 12.1. The molecule has 0 amide bonds. The fraction of sp³-hybridized carbons (Fsp3) is 1.00. The van der Waals surface area contributed by atoms with Crippen molar-refractivity contribution in [2.24, 2.45) is 11.3 Å².